The first kappa shape index (κ1) is 29.8. The lowest BCUT2D eigenvalue weighted by Gasteiger charge is -2.27. The normalized spacial score (nSPS) is 11.6. The highest BCUT2D eigenvalue weighted by atomic mass is 16.5. The number of benzene rings is 4. The van der Waals surface area contributed by atoms with E-state index in [2.05, 4.69) is 57.2 Å². The lowest BCUT2D eigenvalue weighted by Crippen LogP contribution is -2.30. The summed E-state index contributed by atoms with van der Waals surface area (Å²) in [4.78, 5) is 0. The summed E-state index contributed by atoms with van der Waals surface area (Å²) < 4.78 is 24.1. The van der Waals surface area contributed by atoms with Crippen molar-refractivity contribution >= 4 is 0 Å². The summed E-state index contributed by atoms with van der Waals surface area (Å²) in [5.41, 5.74) is 3.06. The molecule has 0 aliphatic heterocycles. The first-order chi connectivity index (χ1) is 19.0. The van der Waals surface area contributed by atoms with Crippen LogP contribution in [0.5, 0.6) is 17.2 Å². The van der Waals surface area contributed by atoms with Crippen LogP contribution in [-0.4, -0.2) is 12.2 Å². The highest BCUT2D eigenvalue weighted by Gasteiger charge is 2.20. The van der Waals surface area contributed by atoms with E-state index in [1.807, 2.05) is 86.6 Å². The zero-order chi connectivity index (χ0) is 27.9. The molecule has 1 unspecified atom stereocenters. The second-order valence-electron chi connectivity index (χ2n) is 9.71. The van der Waals surface area contributed by atoms with Crippen molar-refractivity contribution in [2.45, 2.75) is 66.0 Å². The summed E-state index contributed by atoms with van der Waals surface area (Å²) in [6, 6.07) is 36.2. The van der Waals surface area contributed by atoms with Gasteiger partial charge in [-0.3, -0.25) is 0 Å². The fourth-order valence-electron chi connectivity index (χ4n) is 3.87. The van der Waals surface area contributed by atoms with E-state index in [4.69, 9.17) is 18.9 Å². The van der Waals surface area contributed by atoms with Gasteiger partial charge in [0.25, 0.3) is 0 Å². The molecular formula is C35H42O4. The molecule has 0 aliphatic rings. The van der Waals surface area contributed by atoms with E-state index >= 15 is 0 Å². The lowest BCUT2D eigenvalue weighted by molar-refractivity contribution is 0.0156. The molecular weight excluding hydrogens is 484 g/mol. The van der Waals surface area contributed by atoms with Gasteiger partial charge in [-0.25, -0.2) is 0 Å². The van der Waals surface area contributed by atoms with Crippen molar-refractivity contribution in [3.05, 3.63) is 126 Å². The predicted octanol–water partition coefficient (Wildman–Crippen LogP) is 9.20. The molecule has 0 fully saturated rings. The molecule has 4 rings (SSSR count). The van der Waals surface area contributed by atoms with Gasteiger partial charge in [-0.15, -0.1) is 0 Å². The Morgan fingerprint density at radius 3 is 1.51 bits per heavy atom. The maximum absolute atomic E-state index is 6.23. The minimum absolute atomic E-state index is 0.0139. The molecule has 1 atom stereocenters. The molecule has 0 amide bonds. The monoisotopic (exact) mass is 526 g/mol. The molecule has 0 aromatic heterocycles. The second-order valence-corrected chi connectivity index (χ2v) is 9.71. The predicted molar refractivity (Wildman–Crippen MR) is 159 cm³/mol. The summed E-state index contributed by atoms with van der Waals surface area (Å²) >= 11 is 0. The average Bonchev–Trinajstić information content (AvgIpc) is 2.98. The Morgan fingerprint density at radius 1 is 0.590 bits per heavy atom. The largest absolute Gasteiger partial charge is 0.489 e. The summed E-state index contributed by atoms with van der Waals surface area (Å²) in [6.07, 6.45) is 0.752. The van der Waals surface area contributed by atoms with Gasteiger partial charge in [0.1, 0.15) is 36.1 Å². The van der Waals surface area contributed by atoms with Crippen LogP contribution in [0.3, 0.4) is 0 Å². The van der Waals surface area contributed by atoms with E-state index < -0.39 is 0 Å². The van der Waals surface area contributed by atoms with Crippen molar-refractivity contribution in [3.8, 4) is 17.2 Å². The first-order valence-corrected chi connectivity index (χ1v) is 13.8. The lowest BCUT2D eigenvalue weighted by atomic mass is 10.1. The molecule has 0 aliphatic carbocycles. The SMILES string of the molecule is CC.CC(OCCC(C)(C)Oc1ccc(OCc2ccccc2)cc1)c1ccc(OCc2ccccc2)cc1. The van der Waals surface area contributed by atoms with Gasteiger partial charge in [0.05, 0.1) is 12.7 Å². The van der Waals surface area contributed by atoms with Crippen LogP contribution >= 0.6 is 0 Å². The van der Waals surface area contributed by atoms with Crippen LogP contribution in [0, 0.1) is 0 Å². The number of hydrogen-bond donors (Lipinski definition) is 0. The highest BCUT2D eigenvalue weighted by Crippen LogP contribution is 2.26. The fraction of sp³-hybridized carbons (Fsp3) is 0.314. The van der Waals surface area contributed by atoms with E-state index in [-0.39, 0.29) is 11.7 Å². The zero-order valence-electron chi connectivity index (χ0n) is 23.9. The highest BCUT2D eigenvalue weighted by molar-refractivity contribution is 5.32. The number of ether oxygens (including phenoxy) is 4. The van der Waals surface area contributed by atoms with E-state index in [1.165, 1.54) is 0 Å². The fourth-order valence-corrected chi connectivity index (χ4v) is 3.87. The minimum Gasteiger partial charge on any atom is -0.489 e. The van der Waals surface area contributed by atoms with Crippen molar-refractivity contribution in [2.24, 2.45) is 0 Å². The summed E-state index contributed by atoms with van der Waals surface area (Å²) in [5, 5.41) is 0. The van der Waals surface area contributed by atoms with Crippen molar-refractivity contribution in [2.75, 3.05) is 6.61 Å². The third-order valence-electron chi connectivity index (χ3n) is 6.14. The van der Waals surface area contributed by atoms with Gasteiger partial charge in [-0.2, -0.15) is 0 Å². The molecule has 0 N–H and O–H groups in total. The Bertz CT molecular complexity index is 1190. The van der Waals surface area contributed by atoms with Crippen LogP contribution in [0.25, 0.3) is 0 Å². The Kier molecular flexibility index (Phi) is 11.9. The van der Waals surface area contributed by atoms with E-state index in [1.54, 1.807) is 0 Å². The molecule has 4 aromatic carbocycles. The van der Waals surface area contributed by atoms with Gasteiger partial charge in [0, 0.05) is 6.42 Å². The number of hydrogen-bond acceptors (Lipinski definition) is 4. The quantitative estimate of drug-likeness (QED) is 0.174. The van der Waals surface area contributed by atoms with Crippen molar-refractivity contribution in [1.29, 1.82) is 0 Å². The van der Waals surface area contributed by atoms with Gasteiger partial charge in [0.15, 0.2) is 0 Å². The van der Waals surface area contributed by atoms with Crippen molar-refractivity contribution in [3.63, 3.8) is 0 Å². The van der Waals surface area contributed by atoms with Crippen LogP contribution < -0.4 is 14.2 Å². The molecule has 4 nitrogen and oxygen atoms in total. The Labute approximate surface area is 234 Å². The molecule has 0 saturated heterocycles. The molecule has 0 radical (unpaired) electrons. The van der Waals surface area contributed by atoms with Gasteiger partial charge in [0.2, 0.25) is 0 Å². The van der Waals surface area contributed by atoms with Gasteiger partial charge >= 0.3 is 0 Å². The van der Waals surface area contributed by atoms with E-state index in [0.717, 1.165) is 40.4 Å². The topological polar surface area (TPSA) is 36.9 Å². The van der Waals surface area contributed by atoms with Gasteiger partial charge in [-0.1, -0.05) is 86.6 Å². The molecule has 4 heteroatoms. The molecule has 0 bridgehead atoms. The smallest absolute Gasteiger partial charge is 0.120 e. The number of rotatable bonds is 13. The Balaban J connectivity index is 0.00000205. The van der Waals surface area contributed by atoms with Crippen LogP contribution in [-0.2, 0) is 18.0 Å². The third kappa shape index (κ3) is 10.5. The maximum atomic E-state index is 6.23. The standard InChI is InChI=1S/C33H36O4.C2H6/c1-26(29-14-16-30(17-15-29)35-24-27-10-6-4-7-11-27)34-23-22-33(2,3)37-32-20-18-31(19-21-32)36-25-28-12-8-5-9-13-28;1-2/h4-21,26H,22-25H2,1-3H3;1-2H3. The van der Waals surface area contributed by atoms with Crippen molar-refractivity contribution < 1.29 is 18.9 Å². The van der Waals surface area contributed by atoms with Crippen LogP contribution in [0.2, 0.25) is 0 Å². The summed E-state index contributed by atoms with van der Waals surface area (Å²) in [7, 11) is 0. The molecule has 0 spiro atoms. The van der Waals surface area contributed by atoms with Crippen LogP contribution in [0.4, 0.5) is 0 Å². The molecule has 0 saturated carbocycles. The average molecular weight is 527 g/mol. The Hall–Kier alpha value is -3.76. The summed E-state index contributed by atoms with van der Waals surface area (Å²) in [6.45, 7) is 11.9. The third-order valence-corrected chi connectivity index (χ3v) is 6.14. The second kappa shape index (κ2) is 15.6. The van der Waals surface area contributed by atoms with Gasteiger partial charge in [-0.05, 0) is 73.9 Å². The Morgan fingerprint density at radius 2 is 1.03 bits per heavy atom. The van der Waals surface area contributed by atoms with Crippen LogP contribution in [0.1, 0.15) is 63.8 Å². The summed E-state index contributed by atoms with van der Waals surface area (Å²) in [5.74, 6) is 2.49. The van der Waals surface area contributed by atoms with E-state index in [0.29, 0.717) is 19.8 Å². The molecule has 39 heavy (non-hydrogen) atoms. The zero-order valence-corrected chi connectivity index (χ0v) is 23.9. The molecule has 206 valence electrons. The maximum Gasteiger partial charge on any atom is 0.120 e. The van der Waals surface area contributed by atoms with Crippen molar-refractivity contribution in [1.82, 2.24) is 0 Å². The van der Waals surface area contributed by atoms with Gasteiger partial charge < -0.3 is 18.9 Å². The molecule has 4 aromatic rings. The first-order valence-electron chi connectivity index (χ1n) is 13.8. The molecule has 0 heterocycles. The van der Waals surface area contributed by atoms with Crippen LogP contribution in [0.15, 0.2) is 109 Å². The van der Waals surface area contributed by atoms with E-state index in [9.17, 15) is 0 Å². The minimum atomic E-state index is -0.360.